The smallest absolute Gasteiger partial charge is 0.163 e. The summed E-state index contributed by atoms with van der Waals surface area (Å²) in [7, 11) is 0. The van der Waals surface area contributed by atoms with Gasteiger partial charge in [-0.25, -0.2) is 9.97 Å². The molecule has 5 nitrogen and oxygen atoms in total. The highest BCUT2D eigenvalue weighted by Gasteiger charge is 2.21. The molecule has 2 aromatic carbocycles. The van der Waals surface area contributed by atoms with Crippen molar-refractivity contribution in [2.75, 3.05) is 11.9 Å². The third-order valence-corrected chi connectivity index (χ3v) is 4.16. The molecule has 24 heavy (non-hydrogen) atoms. The standard InChI is InChI=1S/C19H19N3O2/c1-3-14-10-23-17-9-16-15(8-18(17)24-14)19(21-11-20-16)22-13-6-4-5-12(2)7-13/h4-9,11,14H,3,10H2,1-2H3,(H,20,21,22). The van der Waals surface area contributed by atoms with E-state index in [1.807, 2.05) is 24.3 Å². The number of rotatable bonds is 3. The van der Waals surface area contributed by atoms with Crippen LogP contribution in [0.5, 0.6) is 11.5 Å². The van der Waals surface area contributed by atoms with E-state index in [-0.39, 0.29) is 6.10 Å². The highest BCUT2D eigenvalue weighted by Crippen LogP contribution is 2.37. The molecule has 0 radical (unpaired) electrons. The van der Waals surface area contributed by atoms with Gasteiger partial charge in [0.15, 0.2) is 11.5 Å². The number of nitrogens with one attached hydrogen (secondary N) is 1. The molecule has 5 heteroatoms. The number of nitrogens with zero attached hydrogens (tertiary/aromatic N) is 2. The summed E-state index contributed by atoms with van der Waals surface area (Å²) in [5.74, 6) is 2.26. The molecule has 0 aliphatic carbocycles. The van der Waals surface area contributed by atoms with Crippen LogP contribution in [0.25, 0.3) is 10.9 Å². The van der Waals surface area contributed by atoms with E-state index < -0.39 is 0 Å². The van der Waals surface area contributed by atoms with Gasteiger partial charge in [0.1, 0.15) is 24.9 Å². The third-order valence-electron chi connectivity index (χ3n) is 4.16. The van der Waals surface area contributed by atoms with Gasteiger partial charge in [0.2, 0.25) is 0 Å². The van der Waals surface area contributed by atoms with Crippen LogP contribution in [-0.2, 0) is 0 Å². The zero-order valence-corrected chi connectivity index (χ0v) is 13.7. The van der Waals surface area contributed by atoms with Crippen molar-refractivity contribution in [1.29, 1.82) is 0 Å². The Morgan fingerprint density at radius 1 is 1.17 bits per heavy atom. The summed E-state index contributed by atoms with van der Waals surface area (Å²) >= 11 is 0. The van der Waals surface area contributed by atoms with Crippen LogP contribution in [0.2, 0.25) is 0 Å². The van der Waals surface area contributed by atoms with E-state index in [9.17, 15) is 0 Å². The zero-order valence-electron chi connectivity index (χ0n) is 13.7. The molecule has 1 aromatic heterocycles. The van der Waals surface area contributed by atoms with E-state index in [4.69, 9.17) is 9.47 Å². The maximum atomic E-state index is 6.01. The quantitative estimate of drug-likeness (QED) is 0.782. The van der Waals surface area contributed by atoms with Gasteiger partial charge in [-0.3, -0.25) is 0 Å². The summed E-state index contributed by atoms with van der Waals surface area (Å²) in [6.45, 7) is 4.73. The van der Waals surface area contributed by atoms with Crippen LogP contribution in [0.3, 0.4) is 0 Å². The molecule has 1 atom stereocenters. The fourth-order valence-electron chi connectivity index (χ4n) is 2.83. The van der Waals surface area contributed by atoms with Crippen molar-refractivity contribution in [2.45, 2.75) is 26.4 Å². The van der Waals surface area contributed by atoms with Crippen LogP contribution in [-0.4, -0.2) is 22.7 Å². The maximum absolute atomic E-state index is 6.01. The second kappa shape index (κ2) is 6.00. The van der Waals surface area contributed by atoms with E-state index in [1.165, 1.54) is 5.56 Å². The summed E-state index contributed by atoms with van der Waals surface area (Å²) in [6.07, 6.45) is 2.57. The molecule has 122 valence electrons. The average molecular weight is 321 g/mol. The lowest BCUT2D eigenvalue weighted by Gasteiger charge is -2.26. The van der Waals surface area contributed by atoms with Gasteiger partial charge < -0.3 is 14.8 Å². The molecule has 0 saturated carbocycles. The summed E-state index contributed by atoms with van der Waals surface area (Å²) in [4.78, 5) is 8.76. The minimum Gasteiger partial charge on any atom is -0.486 e. The summed E-state index contributed by atoms with van der Waals surface area (Å²) in [5.41, 5.74) is 3.02. The van der Waals surface area contributed by atoms with Gasteiger partial charge in [-0.1, -0.05) is 19.1 Å². The minimum atomic E-state index is 0.0905. The number of aryl methyl sites for hydroxylation is 1. The van der Waals surface area contributed by atoms with Crippen molar-refractivity contribution in [1.82, 2.24) is 9.97 Å². The molecule has 1 N–H and O–H groups in total. The van der Waals surface area contributed by atoms with Gasteiger partial charge in [0.05, 0.1) is 5.52 Å². The minimum absolute atomic E-state index is 0.0905. The van der Waals surface area contributed by atoms with Crippen molar-refractivity contribution in [3.05, 3.63) is 48.3 Å². The van der Waals surface area contributed by atoms with Crippen LogP contribution in [0.1, 0.15) is 18.9 Å². The molecule has 0 amide bonds. The number of benzene rings is 2. The molecule has 0 spiro atoms. The fourth-order valence-corrected chi connectivity index (χ4v) is 2.83. The molecule has 1 aliphatic rings. The van der Waals surface area contributed by atoms with Gasteiger partial charge in [-0.15, -0.1) is 0 Å². The second-order valence-electron chi connectivity index (χ2n) is 5.99. The molecule has 1 unspecified atom stereocenters. The predicted octanol–water partition coefficient (Wildman–Crippen LogP) is 4.23. The predicted molar refractivity (Wildman–Crippen MR) is 94.2 cm³/mol. The van der Waals surface area contributed by atoms with Crippen molar-refractivity contribution in [2.24, 2.45) is 0 Å². The van der Waals surface area contributed by atoms with E-state index >= 15 is 0 Å². The first-order valence-electron chi connectivity index (χ1n) is 8.15. The van der Waals surface area contributed by atoms with Gasteiger partial charge in [-0.05, 0) is 37.1 Å². The molecule has 0 fully saturated rings. The Morgan fingerprint density at radius 3 is 2.92 bits per heavy atom. The largest absolute Gasteiger partial charge is 0.486 e. The van der Waals surface area contributed by atoms with Crippen LogP contribution in [0, 0.1) is 6.92 Å². The third kappa shape index (κ3) is 2.73. The summed E-state index contributed by atoms with van der Waals surface area (Å²) in [5, 5.41) is 4.29. The van der Waals surface area contributed by atoms with Crippen molar-refractivity contribution in [3.8, 4) is 11.5 Å². The lowest BCUT2D eigenvalue weighted by molar-refractivity contribution is 0.0888. The Hall–Kier alpha value is -2.82. The Labute approximate surface area is 140 Å². The normalized spacial score (nSPS) is 16.2. The van der Waals surface area contributed by atoms with Crippen LogP contribution in [0.4, 0.5) is 11.5 Å². The first-order valence-corrected chi connectivity index (χ1v) is 8.15. The fraction of sp³-hybridized carbons (Fsp3) is 0.263. The van der Waals surface area contributed by atoms with Gasteiger partial charge >= 0.3 is 0 Å². The van der Waals surface area contributed by atoms with Crippen LogP contribution < -0.4 is 14.8 Å². The summed E-state index contributed by atoms with van der Waals surface area (Å²) < 4.78 is 11.8. The summed E-state index contributed by atoms with van der Waals surface area (Å²) in [6, 6.07) is 12.1. The van der Waals surface area contributed by atoms with Crippen molar-refractivity contribution in [3.63, 3.8) is 0 Å². The number of aromatic nitrogens is 2. The Kier molecular flexibility index (Phi) is 3.69. The lowest BCUT2D eigenvalue weighted by atomic mass is 10.1. The first-order chi connectivity index (χ1) is 11.7. The van der Waals surface area contributed by atoms with Crippen molar-refractivity contribution < 1.29 is 9.47 Å². The molecule has 4 rings (SSSR count). The van der Waals surface area contributed by atoms with Crippen LogP contribution in [0.15, 0.2) is 42.7 Å². The van der Waals surface area contributed by atoms with E-state index in [2.05, 4.69) is 41.3 Å². The monoisotopic (exact) mass is 321 g/mol. The number of fused-ring (bicyclic) bond motifs is 2. The first kappa shape index (κ1) is 14.8. The highest BCUT2D eigenvalue weighted by molar-refractivity contribution is 5.93. The number of ether oxygens (including phenoxy) is 2. The average Bonchev–Trinajstić information content (AvgIpc) is 2.60. The lowest BCUT2D eigenvalue weighted by Crippen LogP contribution is -2.28. The van der Waals surface area contributed by atoms with E-state index in [0.29, 0.717) is 6.61 Å². The molecular weight excluding hydrogens is 302 g/mol. The Balaban J connectivity index is 1.76. The molecule has 0 saturated heterocycles. The van der Waals surface area contributed by atoms with E-state index in [1.54, 1.807) is 6.33 Å². The molecule has 3 aromatic rings. The van der Waals surface area contributed by atoms with E-state index in [0.717, 1.165) is 40.3 Å². The second-order valence-corrected chi connectivity index (χ2v) is 5.99. The maximum Gasteiger partial charge on any atom is 0.163 e. The Morgan fingerprint density at radius 2 is 2.08 bits per heavy atom. The Bertz CT molecular complexity index is 895. The SMILES string of the molecule is CCC1COc2cc3ncnc(Nc4cccc(C)c4)c3cc2O1. The molecule has 2 heterocycles. The topological polar surface area (TPSA) is 56.3 Å². The molecule has 1 aliphatic heterocycles. The number of hydrogen-bond acceptors (Lipinski definition) is 5. The van der Waals surface area contributed by atoms with Gasteiger partial charge in [0, 0.05) is 17.1 Å². The molecular formula is C19H19N3O2. The zero-order chi connectivity index (χ0) is 16.5. The molecule has 0 bridgehead atoms. The van der Waals surface area contributed by atoms with Crippen molar-refractivity contribution >= 4 is 22.4 Å². The van der Waals surface area contributed by atoms with Gasteiger partial charge in [0.25, 0.3) is 0 Å². The highest BCUT2D eigenvalue weighted by atomic mass is 16.6. The number of hydrogen-bond donors (Lipinski definition) is 1. The van der Waals surface area contributed by atoms with Gasteiger partial charge in [-0.2, -0.15) is 0 Å². The number of anilines is 2. The van der Waals surface area contributed by atoms with Crippen LogP contribution >= 0.6 is 0 Å².